The molecule has 1 atom stereocenters. The molecule has 1 aromatic carbocycles. The number of piperazine rings is 1. The van der Waals surface area contributed by atoms with Crippen LogP contribution >= 0.6 is 0 Å². The van der Waals surface area contributed by atoms with Crippen LogP contribution in [0.5, 0.6) is 0 Å². The highest BCUT2D eigenvalue weighted by Crippen LogP contribution is 2.17. The van der Waals surface area contributed by atoms with Gasteiger partial charge in [-0.05, 0) is 31.5 Å². The number of carbonyl (C=O) groups is 1. The minimum atomic E-state index is 0.152. The van der Waals surface area contributed by atoms with E-state index in [0.29, 0.717) is 12.6 Å². The maximum Gasteiger partial charge on any atom is 0.240 e. The zero-order valence-corrected chi connectivity index (χ0v) is 9.16. The van der Waals surface area contributed by atoms with Crippen LogP contribution in [0.25, 0.3) is 0 Å². The summed E-state index contributed by atoms with van der Waals surface area (Å²) in [5, 5.41) is 3.15. The maximum atomic E-state index is 11.7. The fraction of sp³-hybridized carbons (Fsp3) is 0.417. The molecule has 0 saturated carbocycles. The molecule has 1 aliphatic rings. The first kappa shape index (κ1) is 10.2. The van der Waals surface area contributed by atoms with Gasteiger partial charge in [-0.1, -0.05) is 12.1 Å². The molecule has 0 radical (unpaired) electrons. The molecule has 1 aliphatic heterocycles. The minimum absolute atomic E-state index is 0.152. The van der Waals surface area contributed by atoms with Crippen LogP contribution in [0.1, 0.15) is 12.5 Å². The van der Waals surface area contributed by atoms with Crippen molar-refractivity contribution >= 4 is 11.6 Å². The molecule has 0 spiro atoms. The van der Waals surface area contributed by atoms with E-state index in [9.17, 15) is 4.79 Å². The lowest BCUT2D eigenvalue weighted by molar-refractivity contribution is -0.118. The maximum absolute atomic E-state index is 11.7. The smallest absolute Gasteiger partial charge is 0.240 e. The van der Waals surface area contributed by atoms with Crippen molar-refractivity contribution in [2.24, 2.45) is 0 Å². The van der Waals surface area contributed by atoms with Gasteiger partial charge in [-0.25, -0.2) is 0 Å². The van der Waals surface area contributed by atoms with Gasteiger partial charge in [0.15, 0.2) is 0 Å². The second-order valence-corrected chi connectivity index (χ2v) is 4.13. The highest BCUT2D eigenvalue weighted by atomic mass is 16.2. The largest absolute Gasteiger partial charge is 0.310 e. The first-order valence-corrected chi connectivity index (χ1v) is 5.27. The molecule has 1 aromatic rings. The van der Waals surface area contributed by atoms with Crippen LogP contribution in [0.2, 0.25) is 0 Å². The lowest BCUT2D eigenvalue weighted by atomic mass is 10.1. The Morgan fingerprint density at radius 1 is 1.47 bits per heavy atom. The van der Waals surface area contributed by atoms with Gasteiger partial charge >= 0.3 is 0 Å². The number of benzene rings is 1. The Bertz CT molecular complexity index is 376. The van der Waals surface area contributed by atoms with Crippen molar-refractivity contribution in [3.05, 3.63) is 29.8 Å². The second kappa shape index (κ2) is 4.03. The second-order valence-electron chi connectivity index (χ2n) is 4.13. The summed E-state index contributed by atoms with van der Waals surface area (Å²) >= 11 is 0. The van der Waals surface area contributed by atoms with E-state index in [2.05, 4.69) is 18.3 Å². The molecule has 1 N–H and O–H groups in total. The monoisotopic (exact) mass is 204 g/mol. The summed E-state index contributed by atoms with van der Waals surface area (Å²) in [5.41, 5.74) is 2.19. The molecular formula is C12H16N2O. The molecule has 3 heteroatoms. The number of hydrogen-bond donors (Lipinski definition) is 1. The molecule has 15 heavy (non-hydrogen) atoms. The summed E-state index contributed by atoms with van der Waals surface area (Å²) in [4.78, 5) is 13.6. The van der Waals surface area contributed by atoms with E-state index in [1.807, 2.05) is 30.0 Å². The highest BCUT2D eigenvalue weighted by molar-refractivity contribution is 5.95. The lowest BCUT2D eigenvalue weighted by Gasteiger charge is -2.31. The van der Waals surface area contributed by atoms with Crippen molar-refractivity contribution in [1.82, 2.24) is 5.32 Å². The van der Waals surface area contributed by atoms with Crippen molar-refractivity contribution in [3.63, 3.8) is 0 Å². The van der Waals surface area contributed by atoms with Gasteiger partial charge < -0.3 is 10.2 Å². The fourth-order valence-corrected chi connectivity index (χ4v) is 1.84. The third kappa shape index (κ3) is 2.18. The predicted octanol–water partition coefficient (Wildman–Crippen LogP) is 1.32. The third-order valence-electron chi connectivity index (χ3n) is 2.67. The van der Waals surface area contributed by atoms with Gasteiger partial charge in [-0.3, -0.25) is 4.79 Å². The van der Waals surface area contributed by atoms with E-state index in [0.717, 1.165) is 12.2 Å². The summed E-state index contributed by atoms with van der Waals surface area (Å²) in [6, 6.07) is 8.44. The molecule has 1 amide bonds. The van der Waals surface area contributed by atoms with Crippen molar-refractivity contribution in [2.75, 3.05) is 18.0 Å². The number of nitrogens with one attached hydrogen (secondary N) is 1. The highest BCUT2D eigenvalue weighted by Gasteiger charge is 2.23. The number of nitrogens with zero attached hydrogens (tertiary/aromatic N) is 1. The third-order valence-corrected chi connectivity index (χ3v) is 2.67. The Morgan fingerprint density at radius 2 is 2.27 bits per heavy atom. The lowest BCUT2D eigenvalue weighted by Crippen LogP contribution is -2.53. The first-order chi connectivity index (χ1) is 7.16. The van der Waals surface area contributed by atoms with E-state index in [1.165, 1.54) is 5.56 Å². The summed E-state index contributed by atoms with van der Waals surface area (Å²) in [6.07, 6.45) is 0. The Balaban J connectivity index is 2.25. The van der Waals surface area contributed by atoms with Crippen LogP contribution in [-0.4, -0.2) is 25.0 Å². The number of aryl methyl sites for hydroxylation is 1. The topological polar surface area (TPSA) is 32.3 Å². The molecule has 1 heterocycles. The molecule has 0 aliphatic carbocycles. The van der Waals surface area contributed by atoms with Crippen molar-refractivity contribution in [3.8, 4) is 0 Å². The molecule has 1 saturated heterocycles. The number of amides is 1. The molecule has 0 bridgehead atoms. The fourth-order valence-electron chi connectivity index (χ4n) is 1.84. The predicted molar refractivity (Wildman–Crippen MR) is 61.0 cm³/mol. The van der Waals surface area contributed by atoms with Gasteiger partial charge in [0.2, 0.25) is 5.91 Å². The molecule has 80 valence electrons. The summed E-state index contributed by atoms with van der Waals surface area (Å²) in [7, 11) is 0. The molecule has 2 rings (SSSR count). The summed E-state index contributed by atoms with van der Waals surface area (Å²) in [6.45, 7) is 5.33. The van der Waals surface area contributed by atoms with E-state index in [1.54, 1.807) is 0 Å². The number of hydrogen-bond acceptors (Lipinski definition) is 2. The summed E-state index contributed by atoms with van der Waals surface area (Å²) in [5.74, 6) is 0.152. The molecule has 1 fully saturated rings. The average Bonchev–Trinajstić information content (AvgIpc) is 2.22. The zero-order chi connectivity index (χ0) is 10.8. The van der Waals surface area contributed by atoms with Crippen molar-refractivity contribution < 1.29 is 4.79 Å². The molecule has 0 aromatic heterocycles. The van der Waals surface area contributed by atoms with Crippen LogP contribution in [0.15, 0.2) is 24.3 Å². The molecule has 3 nitrogen and oxygen atoms in total. The van der Waals surface area contributed by atoms with Crippen LogP contribution in [-0.2, 0) is 4.79 Å². The standard InChI is InChI=1S/C12H16N2O/c1-9-4-3-5-11(6-9)14-8-10(2)13-7-12(14)15/h3-6,10,13H,7-8H2,1-2H3/t10-/m0/s1. The van der Waals surface area contributed by atoms with Crippen LogP contribution in [0.3, 0.4) is 0 Å². The molecular weight excluding hydrogens is 188 g/mol. The Kier molecular flexibility index (Phi) is 2.73. The van der Waals surface area contributed by atoms with Crippen LogP contribution < -0.4 is 10.2 Å². The van der Waals surface area contributed by atoms with Crippen molar-refractivity contribution in [1.29, 1.82) is 0 Å². The zero-order valence-electron chi connectivity index (χ0n) is 9.16. The van der Waals surface area contributed by atoms with E-state index in [-0.39, 0.29) is 5.91 Å². The molecule has 0 unspecified atom stereocenters. The van der Waals surface area contributed by atoms with Gasteiger partial charge in [-0.2, -0.15) is 0 Å². The SMILES string of the molecule is Cc1cccc(N2C[C@H](C)NCC2=O)c1. The van der Waals surface area contributed by atoms with Crippen LogP contribution in [0.4, 0.5) is 5.69 Å². The Morgan fingerprint density at radius 3 is 3.00 bits per heavy atom. The Hall–Kier alpha value is -1.35. The van der Waals surface area contributed by atoms with Crippen LogP contribution in [0, 0.1) is 6.92 Å². The van der Waals surface area contributed by atoms with Gasteiger partial charge in [-0.15, -0.1) is 0 Å². The number of rotatable bonds is 1. The average molecular weight is 204 g/mol. The van der Waals surface area contributed by atoms with Gasteiger partial charge in [0.05, 0.1) is 6.54 Å². The Labute approximate surface area is 90.1 Å². The number of carbonyl (C=O) groups excluding carboxylic acids is 1. The normalized spacial score (nSPS) is 21.9. The first-order valence-electron chi connectivity index (χ1n) is 5.27. The van der Waals surface area contributed by atoms with E-state index >= 15 is 0 Å². The van der Waals surface area contributed by atoms with E-state index < -0.39 is 0 Å². The van der Waals surface area contributed by atoms with E-state index in [4.69, 9.17) is 0 Å². The quantitative estimate of drug-likeness (QED) is 0.748. The van der Waals surface area contributed by atoms with Gasteiger partial charge in [0, 0.05) is 18.3 Å². The van der Waals surface area contributed by atoms with Crippen molar-refractivity contribution in [2.45, 2.75) is 19.9 Å². The number of anilines is 1. The summed E-state index contributed by atoms with van der Waals surface area (Å²) < 4.78 is 0. The van der Waals surface area contributed by atoms with Gasteiger partial charge in [0.25, 0.3) is 0 Å². The minimum Gasteiger partial charge on any atom is -0.310 e. The van der Waals surface area contributed by atoms with Gasteiger partial charge in [0.1, 0.15) is 0 Å².